The van der Waals surface area contributed by atoms with Gasteiger partial charge in [0, 0.05) is 12.6 Å². The molecule has 2 saturated carbocycles. The highest BCUT2D eigenvalue weighted by Gasteiger charge is 2.43. The van der Waals surface area contributed by atoms with Crippen molar-refractivity contribution in [1.82, 2.24) is 15.5 Å². The van der Waals surface area contributed by atoms with E-state index in [1.165, 1.54) is 32.1 Å². The summed E-state index contributed by atoms with van der Waals surface area (Å²) < 4.78 is 0. The molecule has 1 heterocycles. The smallest absolute Gasteiger partial charge is 0.245 e. The van der Waals surface area contributed by atoms with E-state index in [1.807, 2.05) is 88.4 Å². The molecule has 7 heteroatoms. The molecule has 3 unspecified atom stereocenters. The van der Waals surface area contributed by atoms with E-state index in [0.29, 0.717) is 17.9 Å². The van der Waals surface area contributed by atoms with Gasteiger partial charge in [-0.1, -0.05) is 114 Å². The van der Waals surface area contributed by atoms with Crippen LogP contribution in [-0.4, -0.2) is 54.8 Å². The molecule has 7 nitrogen and oxygen atoms in total. The van der Waals surface area contributed by atoms with Crippen LogP contribution < -0.4 is 16.4 Å². The van der Waals surface area contributed by atoms with Crippen molar-refractivity contribution in [2.75, 3.05) is 20.1 Å². The third-order valence-corrected chi connectivity index (χ3v) is 8.63. The molecule has 238 valence electrons. The number of nitrogens with one attached hydrogen (secondary N) is 2. The van der Waals surface area contributed by atoms with Gasteiger partial charge in [-0.05, 0) is 62.1 Å². The minimum Gasteiger partial charge on any atom is -0.369 e. The van der Waals surface area contributed by atoms with E-state index in [4.69, 9.17) is 5.73 Å². The average molecular weight is 593 g/mol. The minimum atomic E-state index is -0.359. The van der Waals surface area contributed by atoms with Crippen molar-refractivity contribution in [3.8, 4) is 0 Å². The van der Waals surface area contributed by atoms with Crippen molar-refractivity contribution in [3.63, 3.8) is 0 Å². The Morgan fingerprint density at radius 2 is 1.35 bits per heavy atom. The van der Waals surface area contributed by atoms with Gasteiger partial charge in [0.1, 0.15) is 6.04 Å². The van der Waals surface area contributed by atoms with Crippen LogP contribution >= 0.6 is 0 Å². The number of carbonyl (C=O) groups excluding carboxylic acids is 3. The Bertz CT molecular complexity index is 1030. The number of nitrogens with zero attached hydrogens (tertiary/aromatic N) is 1. The zero-order valence-corrected chi connectivity index (χ0v) is 27.2. The first-order chi connectivity index (χ1) is 21.0. The summed E-state index contributed by atoms with van der Waals surface area (Å²) in [5.41, 5.74) is 7.33. The predicted molar refractivity (Wildman–Crippen MR) is 177 cm³/mol. The number of fused-ring (bicyclic) bond motifs is 1. The molecule has 0 spiro atoms. The Morgan fingerprint density at radius 1 is 0.791 bits per heavy atom. The molecule has 1 aliphatic heterocycles. The van der Waals surface area contributed by atoms with Gasteiger partial charge in [0.25, 0.3) is 0 Å². The Kier molecular flexibility index (Phi) is 16.7. The van der Waals surface area contributed by atoms with E-state index in [-0.39, 0.29) is 36.2 Å². The number of likely N-dealkylation sites (tertiary alicyclic amines) is 1. The van der Waals surface area contributed by atoms with E-state index >= 15 is 0 Å². The third kappa shape index (κ3) is 10.5. The van der Waals surface area contributed by atoms with Crippen LogP contribution in [0.15, 0.2) is 60.7 Å². The molecular formula is C36H56N4O3. The van der Waals surface area contributed by atoms with E-state index in [0.717, 1.165) is 43.4 Å². The summed E-state index contributed by atoms with van der Waals surface area (Å²) >= 11 is 0. The molecule has 3 aliphatic rings. The van der Waals surface area contributed by atoms with Crippen LogP contribution in [0, 0.1) is 11.8 Å². The van der Waals surface area contributed by atoms with Gasteiger partial charge in [-0.3, -0.25) is 14.4 Å². The number of rotatable bonds is 8. The molecule has 5 rings (SSSR count). The Labute approximate surface area is 260 Å². The number of primary amides is 1. The van der Waals surface area contributed by atoms with Gasteiger partial charge in [0.15, 0.2) is 0 Å². The second-order valence-corrected chi connectivity index (χ2v) is 11.2. The predicted octanol–water partition coefficient (Wildman–Crippen LogP) is 6.03. The molecular weight excluding hydrogens is 536 g/mol. The van der Waals surface area contributed by atoms with E-state index in [2.05, 4.69) is 15.5 Å². The molecule has 0 bridgehead atoms. The molecule has 0 aromatic heterocycles. The molecule has 2 aliphatic carbocycles. The molecule has 3 atom stereocenters. The number of hydrogen-bond donors (Lipinski definition) is 3. The monoisotopic (exact) mass is 592 g/mol. The summed E-state index contributed by atoms with van der Waals surface area (Å²) in [7, 11) is 1.76. The van der Waals surface area contributed by atoms with Crippen LogP contribution in [-0.2, 0) is 14.4 Å². The van der Waals surface area contributed by atoms with Gasteiger partial charge in [0.2, 0.25) is 17.7 Å². The summed E-state index contributed by atoms with van der Waals surface area (Å²) in [4.78, 5) is 38.9. The lowest BCUT2D eigenvalue weighted by atomic mass is 9.83. The Morgan fingerprint density at radius 3 is 1.86 bits per heavy atom. The van der Waals surface area contributed by atoms with Crippen LogP contribution in [0.3, 0.4) is 0 Å². The van der Waals surface area contributed by atoms with Crippen molar-refractivity contribution in [2.24, 2.45) is 17.6 Å². The SMILES string of the molecule is CC.CC.CNCC(=O)NC(C(=O)N1CCC2CCCC21)C1CCCCC1.NC(=O)C(c1ccccc1)c1ccccc1. The Hall–Kier alpha value is -3.19. The van der Waals surface area contributed by atoms with Crippen molar-refractivity contribution < 1.29 is 14.4 Å². The molecule has 3 amide bonds. The second kappa shape index (κ2) is 19.9. The summed E-state index contributed by atoms with van der Waals surface area (Å²) in [6, 6.07) is 19.3. The highest BCUT2D eigenvalue weighted by atomic mass is 16.2. The quantitative estimate of drug-likeness (QED) is 0.348. The standard InChI is InChI=1S/C18H31N3O2.C14H13NO.2C2H6/c1-19-12-16(22)20-17(14-6-3-2-4-7-14)18(23)21-11-10-13-8-5-9-15(13)21;15-14(16)13(11-7-3-1-4-8-11)12-9-5-2-6-10-12;2*1-2/h13-15,17,19H,2-12H2,1H3,(H,20,22);1-10,13H,(H2,15,16);2*1-2H3. The number of likely N-dealkylation sites (N-methyl/N-ethyl adjacent to an activating group) is 1. The molecule has 2 aromatic rings. The molecule has 2 aromatic carbocycles. The third-order valence-electron chi connectivity index (χ3n) is 8.63. The number of benzene rings is 2. The fraction of sp³-hybridized carbons (Fsp3) is 0.583. The zero-order valence-electron chi connectivity index (χ0n) is 27.2. The summed E-state index contributed by atoms with van der Waals surface area (Å²) in [5, 5.41) is 5.94. The van der Waals surface area contributed by atoms with Gasteiger partial charge in [-0.2, -0.15) is 0 Å². The van der Waals surface area contributed by atoms with Crippen LogP contribution in [0.2, 0.25) is 0 Å². The molecule has 0 radical (unpaired) electrons. The number of carbonyl (C=O) groups is 3. The largest absolute Gasteiger partial charge is 0.369 e. The lowest BCUT2D eigenvalue weighted by Gasteiger charge is -2.35. The highest BCUT2D eigenvalue weighted by Crippen LogP contribution is 2.39. The first-order valence-corrected chi connectivity index (χ1v) is 16.6. The van der Waals surface area contributed by atoms with E-state index < -0.39 is 0 Å². The summed E-state index contributed by atoms with van der Waals surface area (Å²) in [5.74, 6) is 0.477. The molecule has 4 N–H and O–H groups in total. The fourth-order valence-corrected chi connectivity index (χ4v) is 6.73. The van der Waals surface area contributed by atoms with Crippen molar-refractivity contribution in [2.45, 2.75) is 103 Å². The number of amides is 3. The highest BCUT2D eigenvalue weighted by molar-refractivity contribution is 5.89. The van der Waals surface area contributed by atoms with E-state index in [1.54, 1.807) is 7.05 Å². The van der Waals surface area contributed by atoms with Gasteiger partial charge >= 0.3 is 0 Å². The van der Waals surface area contributed by atoms with Crippen LogP contribution in [0.4, 0.5) is 0 Å². The maximum Gasteiger partial charge on any atom is 0.245 e. The summed E-state index contributed by atoms with van der Waals surface area (Å²) in [6.07, 6.45) is 10.6. The normalized spacial score (nSPS) is 19.8. The molecule has 3 fully saturated rings. The zero-order chi connectivity index (χ0) is 31.6. The maximum atomic E-state index is 13.2. The van der Waals surface area contributed by atoms with Crippen LogP contribution in [0.1, 0.15) is 103 Å². The van der Waals surface area contributed by atoms with Gasteiger partial charge in [-0.15, -0.1) is 0 Å². The lowest BCUT2D eigenvalue weighted by molar-refractivity contribution is -0.139. The van der Waals surface area contributed by atoms with Crippen LogP contribution in [0.25, 0.3) is 0 Å². The maximum absolute atomic E-state index is 13.2. The molecule has 1 saturated heterocycles. The first-order valence-electron chi connectivity index (χ1n) is 16.6. The number of nitrogens with two attached hydrogens (primary N) is 1. The van der Waals surface area contributed by atoms with Crippen molar-refractivity contribution >= 4 is 17.7 Å². The van der Waals surface area contributed by atoms with Crippen molar-refractivity contribution in [1.29, 1.82) is 0 Å². The van der Waals surface area contributed by atoms with E-state index in [9.17, 15) is 14.4 Å². The summed E-state index contributed by atoms with van der Waals surface area (Å²) in [6.45, 7) is 9.17. The topological polar surface area (TPSA) is 105 Å². The minimum absolute atomic E-state index is 0.0569. The van der Waals surface area contributed by atoms with Gasteiger partial charge < -0.3 is 21.3 Å². The average Bonchev–Trinajstić information content (AvgIpc) is 3.68. The number of hydrogen-bond acceptors (Lipinski definition) is 4. The molecule has 43 heavy (non-hydrogen) atoms. The van der Waals surface area contributed by atoms with Crippen molar-refractivity contribution in [3.05, 3.63) is 71.8 Å². The van der Waals surface area contributed by atoms with Crippen LogP contribution in [0.5, 0.6) is 0 Å². The first kappa shape index (κ1) is 36.0. The lowest BCUT2D eigenvalue weighted by Crippen LogP contribution is -2.55. The van der Waals surface area contributed by atoms with Gasteiger partial charge in [0.05, 0.1) is 12.5 Å². The van der Waals surface area contributed by atoms with Gasteiger partial charge in [-0.25, -0.2) is 0 Å². The Balaban J connectivity index is 0.000000283. The fourth-order valence-electron chi connectivity index (χ4n) is 6.73. The second-order valence-electron chi connectivity index (χ2n) is 11.2.